The minimum atomic E-state index is 0.604. The molecule has 0 spiro atoms. The molecule has 1 aromatic carbocycles. The van der Waals surface area contributed by atoms with Crippen LogP contribution in [0.15, 0.2) is 24.3 Å². The lowest BCUT2D eigenvalue weighted by molar-refractivity contribution is 1.05. The van der Waals surface area contributed by atoms with Gasteiger partial charge in [0.05, 0.1) is 0 Å². The molecule has 0 saturated heterocycles. The molecule has 12 heavy (non-hydrogen) atoms. The zero-order chi connectivity index (χ0) is 8.81. The van der Waals surface area contributed by atoms with Crippen molar-refractivity contribution < 1.29 is 0 Å². The molecule has 0 unspecified atom stereocenters. The zero-order valence-electron chi connectivity index (χ0n) is 6.96. The van der Waals surface area contributed by atoms with E-state index in [1.54, 1.807) is 0 Å². The van der Waals surface area contributed by atoms with Crippen LogP contribution in [0.1, 0.15) is 11.1 Å². The first-order valence-electron chi connectivity index (χ1n) is 4.02. The van der Waals surface area contributed by atoms with Crippen molar-refractivity contribution in [1.29, 1.82) is 0 Å². The van der Waals surface area contributed by atoms with E-state index < -0.39 is 0 Å². The van der Waals surface area contributed by atoms with Gasteiger partial charge >= 0.3 is 0 Å². The molecule has 0 saturated carbocycles. The van der Waals surface area contributed by atoms with Crippen LogP contribution in [0, 0.1) is 6.42 Å². The van der Waals surface area contributed by atoms with E-state index in [4.69, 9.17) is 17.3 Å². The van der Waals surface area contributed by atoms with Crippen LogP contribution < -0.4 is 5.73 Å². The first-order valence-corrected chi connectivity index (χ1v) is 4.56. The first-order chi connectivity index (χ1) is 5.86. The second kappa shape index (κ2) is 5.18. The van der Waals surface area contributed by atoms with Crippen LogP contribution in [-0.2, 0) is 13.0 Å². The van der Waals surface area contributed by atoms with Gasteiger partial charge in [0.15, 0.2) is 0 Å². The summed E-state index contributed by atoms with van der Waals surface area (Å²) in [5.41, 5.74) is 7.96. The summed E-state index contributed by atoms with van der Waals surface area (Å²) in [6.45, 7) is 0.606. The Hall–Kier alpha value is -0.530. The smallest absolute Gasteiger partial charge is 0.0258 e. The standard InChI is InChI=1S/C10H13ClN/c11-6-2-5-9-3-1-4-10(7-9)8-12/h1-4,7H,5-6,8,12H2. The summed E-state index contributed by atoms with van der Waals surface area (Å²) in [5, 5.41) is 0. The maximum absolute atomic E-state index is 5.54. The summed E-state index contributed by atoms with van der Waals surface area (Å²) in [4.78, 5) is 0. The fourth-order valence-corrected chi connectivity index (χ4v) is 1.21. The van der Waals surface area contributed by atoms with Crippen molar-refractivity contribution in [3.8, 4) is 0 Å². The Bertz CT molecular complexity index is 235. The van der Waals surface area contributed by atoms with Crippen LogP contribution >= 0.6 is 11.6 Å². The van der Waals surface area contributed by atoms with E-state index >= 15 is 0 Å². The fourth-order valence-electron chi connectivity index (χ4n) is 1.10. The Morgan fingerprint density at radius 2 is 2.08 bits per heavy atom. The average Bonchev–Trinajstić information content (AvgIpc) is 2.15. The van der Waals surface area contributed by atoms with Crippen molar-refractivity contribution in [2.24, 2.45) is 5.73 Å². The Morgan fingerprint density at radius 1 is 1.33 bits per heavy atom. The Balaban J connectivity index is 2.60. The lowest BCUT2D eigenvalue weighted by Crippen LogP contribution is -1.97. The highest BCUT2D eigenvalue weighted by atomic mass is 35.5. The lowest BCUT2D eigenvalue weighted by Gasteiger charge is -2.01. The molecular formula is C10H13ClN. The van der Waals surface area contributed by atoms with Gasteiger partial charge in [0, 0.05) is 12.4 Å². The van der Waals surface area contributed by atoms with Crippen LogP contribution in [0.25, 0.3) is 0 Å². The molecule has 0 amide bonds. The number of alkyl halides is 1. The third-order valence-electron chi connectivity index (χ3n) is 1.72. The molecule has 1 nitrogen and oxygen atoms in total. The van der Waals surface area contributed by atoms with Crippen molar-refractivity contribution in [3.05, 3.63) is 41.8 Å². The summed E-state index contributed by atoms with van der Waals surface area (Å²) in [5.74, 6) is 0.604. The van der Waals surface area contributed by atoms with Crippen LogP contribution in [-0.4, -0.2) is 5.88 Å². The number of rotatable bonds is 4. The molecule has 0 aliphatic rings. The highest BCUT2D eigenvalue weighted by Crippen LogP contribution is 2.06. The van der Waals surface area contributed by atoms with Crippen molar-refractivity contribution in [1.82, 2.24) is 0 Å². The van der Waals surface area contributed by atoms with Gasteiger partial charge in [-0.15, -0.1) is 11.6 Å². The SMILES string of the molecule is NCc1cccc(C[CH]CCl)c1. The van der Waals surface area contributed by atoms with E-state index in [9.17, 15) is 0 Å². The largest absolute Gasteiger partial charge is 0.326 e. The third kappa shape index (κ3) is 2.84. The Kier molecular flexibility index (Phi) is 4.12. The summed E-state index contributed by atoms with van der Waals surface area (Å²) in [6.07, 6.45) is 2.97. The molecule has 0 aliphatic heterocycles. The molecule has 0 bridgehead atoms. The van der Waals surface area contributed by atoms with Crippen LogP contribution in [0.4, 0.5) is 0 Å². The molecule has 1 radical (unpaired) electrons. The minimum Gasteiger partial charge on any atom is -0.326 e. The van der Waals surface area contributed by atoms with Gasteiger partial charge in [-0.05, 0) is 24.0 Å². The van der Waals surface area contributed by atoms with Crippen molar-refractivity contribution in [3.63, 3.8) is 0 Å². The predicted molar refractivity (Wildman–Crippen MR) is 53.1 cm³/mol. The fraction of sp³-hybridized carbons (Fsp3) is 0.300. The Morgan fingerprint density at radius 3 is 2.75 bits per heavy atom. The van der Waals surface area contributed by atoms with E-state index in [0.717, 1.165) is 6.42 Å². The minimum absolute atomic E-state index is 0.604. The second-order valence-corrected chi connectivity index (χ2v) is 2.98. The maximum Gasteiger partial charge on any atom is 0.0258 e. The molecule has 2 heteroatoms. The van der Waals surface area contributed by atoms with E-state index in [0.29, 0.717) is 12.4 Å². The summed E-state index contributed by atoms with van der Waals surface area (Å²) in [6, 6.07) is 8.26. The highest BCUT2D eigenvalue weighted by molar-refractivity contribution is 6.18. The molecule has 1 rings (SSSR count). The van der Waals surface area contributed by atoms with Gasteiger partial charge in [-0.2, -0.15) is 0 Å². The topological polar surface area (TPSA) is 26.0 Å². The van der Waals surface area contributed by atoms with Crippen molar-refractivity contribution in [2.75, 3.05) is 5.88 Å². The molecule has 0 fully saturated rings. The van der Waals surface area contributed by atoms with Gasteiger partial charge in [0.1, 0.15) is 0 Å². The van der Waals surface area contributed by atoms with Crippen molar-refractivity contribution >= 4 is 11.6 Å². The van der Waals surface area contributed by atoms with E-state index in [2.05, 4.69) is 12.1 Å². The molecule has 0 aliphatic carbocycles. The number of hydrogen-bond donors (Lipinski definition) is 1. The number of benzene rings is 1. The maximum atomic E-state index is 5.54. The molecule has 0 aromatic heterocycles. The van der Waals surface area contributed by atoms with Gasteiger partial charge in [0.2, 0.25) is 0 Å². The first kappa shape index (κ1) is 9.56. The third-order valence-corrected chi connectivity index (χ3v) is 1.93. The molecule has 65 valence electrons. The monoisotopic (exact) mass is 182 g/mol. The van der Waals surface area contributed by atoms with Crippen LogP contribution in [0.2, 0.25) is 0 Å². The van der Waals surface area contributed by atoms with Crippen molar-refractivity contribution in [2.45, 2.75) is 13.0 Å². The predicted octanol–water partition coefficient (Wildman–Crippen LogP) is 2.13. The summed E-state index contributed by atoms with van der Waals surface area (Å²) >= 11 is 5.54. The van der Waals surface area contributed by atoms with Gasteiger partial charge in [-0.1, -0.05) is 24.3 Å². The normalized spacial score (nSPS) is 10.2. The van der Waals surface area contributed by atoms with Crippen LogP contribution in [0.5, 0.6) is 0 Å². The Labute approximate surface area is 78.5 Å². The van der Waals surface area contributed by atoms with E-state index in [1.807, 2.05) is 18.6 Å². The quantitative estimate of drug-likeness (QED) is 0.710. The number of hydrogen-bond acceptors (Lipinski definition) is 1. The molecular weight excluding hydrogens is 170 g/mol. The zero-order valence-corrected chi connectivity index (χ0v) is 7.72. The number of nitrogens with two attached hydrogens (primary N) is 1. The van der Waals surface area contributed by atoms with E-state index in [1.165, 1.54) is 11.1 Å². The van der Waals surface area contributed by atoms with Gasteiger partial charge in [0.25, 0.3) is 0 Å². The summed E-state index contributed by atoms with van der Waals surface area (Å²) in [7, 11) is 0. The van der Waals surface area contributed by atoms with Crippen LogP contribution in [0.3, 0.4) is 0 Å². The van der Waals surface area contributed by atoms with Gasteiger partial charge in [-0.3, -0.25) is 0 Å². The summed E-state index contributed by atoms with van der Waals surface area (Å²) < 4.78 is 0. The highest BCUT2D eigenvalue weighted by Gasteiger charge is 1.93. The van der Waals surface area contributed by atoms with Gasteiger partial charge < -0.3 is 5.73 Å². The molecule has 2 N–H and O–H groups in total. The second-order valence-electron chi connectivity index (χ2n) is 2.67. The molecule has 1 aromatic rings. The number of halogens is 1. The molecule has 0 atom stereocenters. The molecule has 0 heterocycles. The average molecular weight is 183 g/mol. The van der Waals surface area contributed by atoms with E-state index in [-0.39, 0.29) is 0 Å². The van der Waals surface area contributed by atoms with Gasteiger partial charge in [-0.25, -0.2) is 0 Å². The lowest BCUT2D eigenvalue weighted by atomic mass is 10.1.